The number of hydrogen-bond donors (Lipinski definition) is 1. The van der Waals surface area contributed by atoms with Crippen molar-refractivity contribution in [2.45, 2.75) is 25.8 Å². The van der Waals surface area contributed by atoms with Gasteiger partial charge in [-0.2, -0.15) is 9.61 Å². The first-order valence-electron chi connectivity index (χ1n) is 8.70. The van der Waals surface area contributed by atoms with Gasteiger partial charge in [-0.3, -0.25) is 4.79 Å². The lowest BCUT2D eigenvalue weighted by molar-refractivity contribution is -0.137. The maximum atomic E-state index is 10.9. The van der Waals surface area contributed by atoms with Crippen LogP contribution in [-0.4, -0.2) is 51.4 Å². The summed E-state index contributed by atoms with van der Waals surface area (Å²) in [4.78, 5) is 20.4. The minimum Gasteiger partial charge on any atom is -0.481 e. The number of nitrogens with zero attached hydrogens (tertiary/aromatic N) is 5. The van der Waals surface area contributed by atoms with Crippen LogP contribution in [0.1, 0.15) is 19.8 Å². The van der Waals surface area contributed by atoms with Crippen LogP contribution in [0.4, 0.5) is 11.6 Å². The van der Waals surface area contributed by atoms with Crippen LogP contribution in [0.3, 0.4) is 0 Å². The number of fused-ring (bicyclic) bond motifs is 2. The maximum absolute atomic E-state index is 10.9. The van der Waals surface area contributed by atoms with E-state index in [-0.39, 0.29) is 0 Å². The van der Waals surface area contributed by atoms with Crippen molar-refractivity contribution in [3.63, 3.8) is 0 Å². The molecule has 3 aliphatic rings. The predicted molar refractivity (Wildman–Crippen MR) is 89.3 cm³/mol. The van der Waals surface area contributed by atoms with Crippen molar-refractivity contribution < 1.29 is 9.90 Å². The summed E-state index contributed by atoms with van der Waals surface area (Å²) in [6.07, 6.45) is 3.32. The average Bonchev–Trinajstić information content (AvgIpc) is 2.97. The Labute approximate surface area is 139 Å². The number of carboxylic acids is 1. The van der Waals surface area contributed by atoms with Gasteiger partial charge in [0.05, 0.1) is 6.20 Å². The van der Waals surface area contributed by atoms with Gasteiger partial charge in [0, 0.05) is 44.2 Å². The molecule has 1 N–H and O–H groups in total. The summed E-state index contributed by atoms with van der Waals surface area (Å²) >= 11 is 0. The fourth-order valence-corrected chi connectivity index (χ4v) is 4.45. The van der Waals surface area contributed by atoms with Crippen LogP contribution < -0.4 is 9.80 Å². The smallest absolute Gasteiger partial charge is 0.303 e. The summed E-state index contributed by atoms with van der Waals surface area (Å²) in [7, 11) is 0. The van der Waals surface area contributed by atoms with Crippen molar-refractivity contribution in [1.82, 2.24) is 14.6 Å². The zero-order valence-electron chi connectivity index (χ0n) is 13.7. The molecule has 4 heterocycles. The van der Waals surface area contributed by atoms with E-state index >= 15 is 0 Å². The average molecular weight is 327 g/mol. The summed E-state index contributed by atoms with van der Waals surface area (Å²) in [5.74, 6) is 2.84. The molecule has 5 rings (SSSR count). The zero-order chi connectivity index (χ0) is 16.4. The Morgan fingerprint density at radius 3 is 2.79 bits per heavy atom. The summed E-state index contributed by atoms with van der Waals surface area (Å²) in [5, 5.41) is 13.4. The topological polar surface area (TPSA) is 74.0 Å². The second kappa shape index (κ2) is 4.84. The van der Waals surface area contributed by atoms with Gasteiger partial charge in [0.15, 0.2) is 5.65 Å². The van der Waals surface area contributed by atoms with E-state index in [0.29, 0.717) is 30.2 Å². The highest BCUT2D eigenvalue weighted by atomic mass is 16.4. The van der Waals surface area contributed by atoms with Gasteiger partial charge in [0.25, 0.3) is 0 Å². The normalized spacial score (nSPS) is 31.2. The molecule has 24 heavy (non-hydrogen) atoms. The van der Waals surface area contributed by atoms with Crippen LogP contribution in [0.25, 0.3) is 5.65 Å². The van der Waals surface area contributed by atoms with Gasteiger partial charge in [-0.25, -0.2) is 4.98 Å². The van der Waals surface area contributed by atoms with Gasteiger partial charge in [-0.05, 0) is 31.1 Å². The van der Waals surface area contributed by atoms with E-state index in [0.717, 1.165) is 36.9 Å². The monoisotopic (exact) mass is 327 g/mol. The fraction of sp³-hybridized carbons (Fsp3) is 0.588. The van der Waals surface area contributed by atoms with Crippen LogP contribution in [0.15, 0.2) is 18.3 Å². The molecule has 2 aromatic rings. The molecule has 1 aliphatic carbocycles. The van der Waals surface area contributed by atoms with E-state index in [1.54, 1.807) is 6.20 Å². The van der Waals surface area contributed by atoms with E-state index in [4.69, 9.17) is 10.1 Å². The van der Waals surface area contributed by atoms with E-state index in [1.807, 2.05) is 10.6 Å². The second-order valence-corrected chi connectivity index (χ2v) is 7.40. The minimum atomic E-state index is -0.673. The Morgan fingerprint density at radius 1 is 1.38 bits per heavy atom. The first-order valence-corrected chi connectivity index (χ1v) is 8.70. The van der Waals surface area contributed by atoms with Crippen molar-refractivity contribution in [2.24, 2.45) is 17.8 Å². The van der Waals surface area contributed by atoms with Crippen LogP contribution in [-0.2, 0) is 4.79 Å². The van der Waals surface area contributed by atoms with Crippen molar-refractivity contribution in [3.8, 4) is 0 Å². The van der Waals surface area contributed by atoms with E-state index in [9.17, 15) is 4.79 Å². The quantitative estimate of drug-likeness (QED) is 0.917. The number of anilines is 2. The Balaban J connectivity index is 1.43. The van der Waals surface area contributed by atoms with Gasteiger partial charge >= 0.3 is 5.97 Å². The van der Waals surface area contributed by atoms with Gasteiger partial charge < -0.3 is 14.9 Å². The molecule has 0 radical (unpaired) electrons. The van der Waals surface area contributed by atoms with Crippen molar-refractivity contribution in [3.05, 3.63) is 18.3 Å². The molecule has 2 saturated heterocycles. The molecule has 2 aliphatic heterocycles. The number of carbonyl (C=O) groups is 1. The van der Waals surface area contributed by atoms with Gasteiger partial charge in [-0.1, -0.05) is 0 Å². The van der Waals surface area contributed by atoms with Gasteiger partial charge in [-0.15, -0.1) is 0 Å². The number of aromatic nitrogens is 3. The molecule has 7 nitrogen and oxygen atoms in total. The highest BCUT2D eigenvalue weighted by molar-refractivity contribution is 5.68. The third-order valence-corrected chi connectivity index (χ3v) is 6.05. The molecule has 0 spiro atoms. The van der Waals surface area contributed by atoms with Crippen LogP contribution in [0.5, 0.6) is 0 Å². The number of rotatable bonds is 4. The molecular formula is C17H21N5O2. The number of hydrogen-bond acceptors (Lipinski definition) is 5. The molecule has 0 bridgehead atoms. The third kappa shape index (κ3) is 2.00. The van der Waals surface area contributed by atoms with Crippen LogP contribution in [0, 0.1) is 17.8 Å². The maximum Gasteiger partial charge on any atom is 0.303 e. The van der Waals surface area contributed by atoms with Gasteiger partial charge in [0.2, 0.25) is 0 Å². The van der Waals surface area contributed by atoms with Crippen molar-refractivity contribution in [2.75, 3.05) is 29.4 Å². The molecule has 3 unspecified atom stereocenters. The third-order valence-electron chi connectivity index (χ3n) is 6.05. The molecule has 0 amide bonds. The first-order chi connectivity index (χ1) is 11.6. The summed E-state index contributed by atoms with van der Waals surface area (Å²) in [5.41, 5.74) is 0.879. The second-order valence-electron chi connectivity index (χ2n) is 7.40. The molecule has 2 aromatic heterocycles. The Bertz CT molecular complexity index is 806. The molecule has 3 fully saturated rings. The van der Waals surface area contributed by atoms with E-state index < -0.39 is 5.97 Å². The van der Waals surface area contributed by atoms with Crippen molar-refractivity contribution in [1.29, 1.82) is 0 Å². The van der Waals surface area contributed by atoms with Crippen LogP contribution >= 0.6 is 0 Å². The van der Waals surface area contributed by atoms with Gasteiger partial charge in [0.1, 0.15) is 11.6 Å². The van der Waals surface area contributed by atoms with Crippen molar-refractivity contribution >= 4 is 23.3 Å². The van der Waals surface area contributed by atoms with E-state index in [2.05, 4.69) is 27.9 Å². The summed E-state index contributed by atoms with van der Waals surface area (Å²) in [6, 6.07) is 4.64. The Hall–Kier alpha value is -2.31. The molecule has 3 atom stereocenters. The lowest BCUT2D eigenvalue weighted by Crippen LogP contribution is -2.46. The highest BCUT2D eigenvalue weighted by Gasteiger charge is 2.56. The molecule has 0 aromatic carbocycles. The highest BCUT2D eigenvalue weighted by Crippen LogP contribution is 2.54. The predicted octanol–water partition coefficient (Wildman–Crippen LogP) is 1.48. The minimum absolute atomic E-state index is 0.313. The molecule has 7 heteroatoms. The molecular weight excluding hydrogens is 306 g/mol. The standard InChI is InChI=1S/C17H21N5O2/c1-10-3-5-21(10)15-7-16(22-14(19-15)2-4-18-22)20-8-12-11(6-17(23)24)13(12)9-20/h2,4,7,10-13H,3,5-6,8-9H2,1H3,(H,23,24). The number of carboxylic acid groups (broad SMARTS) is 1. The molecule has 1 saturated carbocycles. The fourth-order valence-electron chi connectivity index (χ4n) is 4.45. The lowest BCUT2D eigenvalue weighted by atomic mass is 10.1. The van der Waals surface area contributed by atoms with Crippen LogP contribution in [0.2, 0.25) is 0 Å². The largest absolute Gasteiger partial charge is 0.481 e. The lowest BCUT2D eigenvalue weighted by Gasteiger charge is -2.40. The first kappa shape index (κ1) is 14.1. The number of aliphatic carboxylic acids is 1. The number of piperidine rings is 1. The SMILES string of the molecule is CC1CCN1c1cc(N2CC3C(CC(=O)O)C3C2)n2nccc2n1. The zero-order valence-corrected chi connectivity index (χ0v) is 13.7. The summed E-state index contributed by atoms with van der Waals surface area (Å²) in [6.45, 7) is 5.14. The molecule has 126 valence electrons. The Morgan fingerprint density at radius 2 is 2.17 bits per heavy atom. The summed E-state index contributed by atoms with van der Waals surface area (Å²) < 4.78 is 1.91. The Kier molecular flexibility index (Phi) is 2.84. The van der Waals surface area contributed by atoms with E-state index in [1.165, 1.54) is 6.42 Å².